The van der Waals surface area contributed by atoms with Gasteiger partial charge in [0, 0.05) is 25.2 Å². The van der Waals surface area contributed by atoms with Gasteiger partial charge in [-0.3, -0.25) is 10.1 Å². The van der Waals surface area contributed by atoms with Gasteiger partial charge in [-0.1, -0.05) is 0 Å². The van der Waals surface area contributed by atoms with Gasteiger partial charge < -0.3 is 10.2 Å². The third-order valence-electron chi connectivity index (χ3n) is 3.50. The van der Waals surface area contributed by atoms with Gasteiger partial charge in [0.25, 0.3) is 5.69 Å². The van der Waals surface area contributed by atoms with Gasteiger partial charge in [0.05, 0.1) is 16.7 Å². The first-order chi connectivity index (χ1) is 9.13. The fourth-order valence-electron chi connectivity index (χ4n) is 2.57. The van der Waals surface area contributed by atoms with Crippen molar-refractivity contribution >= 4 is 11.4 Å². The zero-order chi connectivity index (χ0) is 13.8. The van der Waals surface area contributed by atoms with E-state index in [0.29, 0.717) is 12.2 Å². The van der Waals surface area contributed by atoms with Crippen molar-refractivity contribution in [2.24, 2.45) is 0 Å². The highest BCUT2D eigenvalue weighted by Gasteiger charge is 2.23. The Hall–Kier alpha value is -1.69. The van der Waals surface area contributed by atoms with E-state index in [9.17, 15) is 14.5 Å². The maximum atomic E-state index is 14.0. The molecule has 0 amide bonds. The molecule has 6 heteroatoms. The Labute approximate surface area is 111 Å². The van der Waals surface area contributed by atoms with Crippen LogP contribution in [0.5, 0.6) is 0 Å². The molecule has 1 atom stereocenters. The topological polar surface area (TPSA) is 58.4 Å². The maximum absolute atomic E-state index is 14.0. The molecular formula is C13H18FN3O2. The largest absolute Gasteiger partial charge is 0.365 e. The number of benzene rings is 1. The summed E-state index contributed by atoms with van der Waals surface area (Å²) in [7, 11) is 0. The lowest BCUT2D eigenvalue weighted by Crippen LogP contribution is -2.46. The highest BCUT2D eigenvalue weighted by Crippen LogP contribution is 2.27. The van der Waals surface area contributed by atoms with E-state index in [2.05, 4.69) is 5.32 Å². The molecule has 5 nitrogen and oxygen atoms in total. The number of hydrogen-bond acceptors (Lipinski definition) is 4. The van der Waals surface area contributed by atoms with Crippen molar-refractivity contribution in [3.05, 3.63) is 34.1 Å². The number of halogens is 1. The third-order valence-corrected chi connectivity index (χ3v) is 3.50. The molecule has 0 bridgehead atoms. The van der Waals surface area contributed by atoms with Gasteiger partial charge in [0.2, 0.25) is 0 Å². The molecule has 0 radical (unpaired) electrons. The van der Waals surface area contributed by atoms with Gasteiger partial charge >= 0.3 is 0 Å². The molecule has 0 spiro atoms. The lowest BCUT2D eigenvalue weighted by Gasteiger charge is -2.35. The minimum absolute atomic E-state index is 0.209. The van der Waals surface area contributed by atoms with E-state index in [0.717, 1.165) is 32.0 Å². The van der Waals surface area contributed by atoms with Crippen molar-refractivity contribution in [1.82, 2.24) is 5.32 Å². The summed E-state index contributed by atoms with van der Waals surface area (Å²) in [5.74, 6) is -0.526. The number of likely N-dealkylation sites (N-methyl/N-ethyl adjacent to an activating group) is 1. The number of anilines is 1. The van der Waals surface area contributed by atoms with E-state index in [1.807, 2.05) is 11.8 Å². The van der Waals surface area contributed by atoms with E-state index >= 15 is 0 Å². The van der Waals surface area contributed by atoms with Gasteiger partial charge in [-0.05, 0) is 32.4 Å². The molecule has 2 rings (SSSR count). The third kappa shape index (κ3) is 3.01. The van der Waals surface area contributed by atoms with Crippen LogP contribution in [-0.2, 0) is 0 Å². The van der Waals surface area contributed by atoms with Crippen LogP contribution in [0.25, 0.3) is 0 Å². The predicted molar refractivity (Wildman–Crippen MR) is 72.0 cm³/mol. The van der Waals surface area contributed by atoms with Crippen molar-refractivity contribution in [3.63, 3.8) is 0 Å². The monoisotopic (exact) mass is 267 g/mol. The molecule has 1 unspecified atom stereocenters. The van der Waals surface area contributed by atoms with E-state index < -0.39 is 10.7 Å². The Morgan fingerprint density at radius 1 is 1.58 bits per heavy atom. The lowest BCUT2D eigenvalue weighted by atomic mass is 10.0. The second kappa shape index (κ2) is 5.97. The Balaban J connectivity index is 2.24. The summed E-state index contributed by atoms with van der Waals surface area (Å²) < 4.78 is 14.0. The summed E-state index contributed by atoms with van der Waals surface area (Å²) in [4.78, 5) is 12.0. The number of nitrogens with one attached hydrogen (secondary N) is 1. The van der Waals surface area contributed by atoms with Crippen LogP contribution in [0.2, 0.25) is 0 Å². The first-order valence-electron chi connectivity index (χ1n) is 6.54. The highest BCUT2D eigenvalue weighted by atomic mass is 19.1. The van der Waals surface area contributed by atoms with Crippen molar-refractivity contribution < 1.29 is 9.31 Å². The number of hydrogen-bond donors (Lipinski definition) is 1. The Kier molecular flexibility index (Phi) is 4.31. The average Bonchev–Trinajstić information content (AvgIpc) is 2.42. The van der Waals surface area contributed by atoms with Crippen LogP contribution in [0.1, 0.15) is 19.8 Å². The lowest BCUT2D eigenvalue weighted by molar-refractivity contribution is -0.385. The normalized spacial score (nSPS) is 19.2. The number of nitro groups is 1. The molecule has 1 aliphatic heterocycles. The zero-order valence-corrected chi connectivity index (χ0v) is 10.9. The molecule has 1 fully saturated rings. The number of piperidine rings is 1. The molecule has 1 aliphatic rings. The van der Waals surface area contributed by atoms with E-state index in [4.69, 9.17) is 0 Å². The fraction of sp³-hybridized carbons (Fsp3) is 0.538. The van der Waals surface area contributed by atoms with Crippen LogP contribution in [0, 0.1) is 15.9 Å². The first kappa shape index (κ1) is 13.7. The van der Waals surface area contributed by atoms with E-state index in [1.54, 1.807) is 0 Å². The van der Waals surface area contributed by atoms with Crippen LogP contribution in [0.4, 0.5) is 15.8 Å². The Morgan fingerprint density at radius 3 is 2.89 bits per heavy atom. The zero-order valence-electron chi connectivity index (χ0n) is 10.9. The summed E-state index contributed by atoms with van der Waals surface area (Å²) in [6.45, 7) is 4.47. The van der Waals surface area contributed by atoms with E-state index in [-0.39, 0.29) is 11.7 Å². The van der Waals surface area contributed by atoms with Crippen LogP contribution in [-0.4, -0.2) is 30.6 Å². The summed E-state index contributed by atoms with van der Waals surface area (Å²) >= 11 is 0. The summed E-state index contributed by atoms with van der Waals surface area (Å²) in [5.41, 5.74) is 0.237. The fourth-order valence-corrected chi connectivity index (χ4v) is 2.57. The smallest absolute Gasteiger partial charge is 0.272 e. The molecule has 0 saturated carbocycles. The van der Waals surface area contributed by atoms with Crippen LogP contribution < -0.4 is 10.2 Å². The minimum atomic E-state index is -0.578. The molecule has 104 valence electrons. The van der Waals surface area contributed by atoms with Crippen molar-refractivity contribution in [1.29, 1.82) is 0 Å². The Bertz CT molecular complexity index is 461. The second-order valence-corrected chi connectivity index (χ2v) is 4.68. The second-order valence-electron chi connectivity index (χ2n) is 4.68. The molecule has 1 aromatic carbocycles. The predicted octanol–water partition coefficient (Wildman–Crippen LogP) is 2.31. The average molecular weight is 267 g/mol. The number of rotatable bonds is 4. The van der Waals surface area contributed by atoms with Crippen molar-refractivity contribution in [2.45, 2.75) is 25.8 Å². The molecule has 19 heavy (non-hydrogen) atoms. The van der Waals surface area contributed by atoms with Crippen molar-refractivity contribution in [2.75, 3.05) is 24.5 Å². The van der Waals surface area contributed by atoms with Gasteiger partial charge in [0.15, 0.2) is 5.82 Å². The van der Waals surface area contributed by atoms with Crippen LogP contribution >= 0.6 is 0 Å². The SMILES string of the molecule is CCN(c1ccc([N+](=O)[O-])cc1F)C1CCCNC1. The number of nitro benzene ring substituents is 1. The molecule has 1 aromatic rings. The van der Waals surface area contributed by atoms with Gasteiger partial charge in [-0.25, -0.2) is 4.39 Å². The standard InChI is InChI=1S/C13H18FN3O2/c1-2-16(11-4-3-7-15-9-11)13-6-5-10(17(18)19)8-12(13)14/h5-6,8,11,15H,2-4,7,9H2,1H3. The van der Waals surface area contributed by atoms with Gasteiger partial charge in [-0.2, -0.15) is 0 Å². The maximum Gasteiger partial charge on any atom is 0.272 e. The molecular weight excluding hydrogens is 249 g/mol. The van der Waals surface area contributed by atoms with E-state index in [1.165, 1.54) is 12.1 Å². The molecule has 0 aromatic heterocycles. The number of non-ortho nitro benzene ring substituents is 1. The molecule has 1 N–H and O–H groups in total. The van der Waals surface area contributed by atoms with Crippen LogP contribution in [0.15, 0.2) is 18.2 Å². The summed E-state index contributed by atoms with van der Waals surface area (Å²) in [6, 6.07) is 4.10. The van der Waals surface area contributed by atoms with Gasteiger partial charge in [-0.15, -0.1) is 0 Å². The minimum Gasteiger partial charge on any atom is -0.365 e. The Morgan fingerprint density at radius 2 is 2.37 bits per heavy atom. The van der Waals surface area contributed by atoms with Crippen molar-refractivity contribution in [3.8, 4) is 0 Å². The number of nitrogens with zero attached hydrogens (tertiary/aromatic N) is 2. The molecule has 1 heterocycles. The molecule has 1 saturated heterocycles. The molecule has 0 aliphatic carbocycles. The van der Waals surface area contributed by atoms with Gasteiger partial charge in [0.1, 0.15) is 0 Å². The summed E-state index contributed by atoms with van der Waals surface area (Å²) in [6.07, 6.45) is 2.08. The highest BCUT2D eigenvalue weighted by molar-refractivity contribution is 5.53. The first-order valence-corrected chi connectivity index (χ1v) is 6.54. The van der Waals surface area contributed by atoms with Crippen LogP contribution in [0.3, 0.4) is 0 Å². The quantitative estimate of drug-likeness (QED) is 0.672. The summed E-state index contributed by atoms with van der Waals surface area (Å²) in [5, 5.41) is 13.9.